The van der Waals surface area contributed by atoms with Crippen LogP contribution in [-0.4, -0.2) is 23.5 Å². The Labute approximate surface area is 132 Å². The topological polar surface area (TPSA) is 32.3 Å². The summed E-state index contributed by atoms with van der Waals surface area (Å²) in [6.45, 7) is 6.65. The van der Waals surface area contributed by atoms with E-state index < -0.39 is 5.54 Å². The molecule has 0 aliphatic heterocycles. The first-order valence-electron chi connectivity index (χ1n) is 8.29. The van der Waals surface area contributed by atoms with Crippen molar-refractivity contribution in [2.45, 2.75) is 64.5 Å². The van der Waals surface area contributed by atoms with E-state index in [1.807, 2.05) is 25.7 Å². The van der Waals surface area contributed by atoms with Gasteiger partial charge in [-0.05, 0) is 51.3 Å². The van der Waals surface area contributed by atoms with E-state index in [1.54, 1.807) is 12.1 Å². The molecule has 0 radical (unpaired) electrons. The third-order valence-corrected chi connectivity index (χ3v) is 4.60. The highest BCUT2D eigenvalue weighted by molar-refractivity contribution is 5.75. The normalized spacial score (nSPS) is 16.4. The summed E-state index contributed by atoms with van der Waals surface area (Å²) in [7, 11) is 0. The zero-order valence-electron chi connectivity index (χ0n) is 13.9. The predicted octanol–water partition coefficient (Wildman–Crippen LogP) is 4.43. The summed E-state index contributed by atoms with van der Waals surface area (Å²) in [4.78, 5) is 14.6. The Morgan fingerprint density at radius 1 is 1.23 bits per heavy atom. The lowest BCUT2D eigenvalue weighted by molar-refractivity contribution is 0.151. The van der Waals surface area contributed by atoms with Crippen LogP contribution in [0.2, 0.25) is 0 Å². The smallest absolute Gasteiger partial charge is 0.318 e. The highest BCUT2D eigenvalue weighted by Gasteiger charge is 2.29. The average molecular weight is 306 g/mol. The highest BCUT2D eigenvalue weighted by atomic mass is 19.1. The number of hydrogen-bond donors (Lipinski definition) is 1. The molecule has 0 atom stereocenters. The molecule has 2 rings (SSSR count). The third kappa shape index (κ3) is 3.99. The SMILES string of the molecule is CCN(C(=O)NC(C)(C)c1ccc(F)cc1)C1CCCCC1. The van der Waals surface area contributed by atoms with Gasteiger partial charge in [-0.1, -0.05) is 31.4 Å². The van der Waals surface area contributed by atoms with Crippen molar-refractivity contribution in [3.63, 3.8) is 0 Å². The molecule has 2 amide bonds. The van der Waals surface area contributed by atoms with Crippen LogP contribution in [0.15, 0.2) is 24.3 Å². The van der Waals surface area contributed by atoms with Crippen LogP contribution in [0.5, 0.6) is 0 Å². The number of rotatable bonds is 4. The van der Waals surface area contributed by atoms with Crippen molar-refractivity contribution in [2.24, 2.45) is 0 Å². The average Bonchev–Trinajstić information content (AvgIpc) is 2.49. The molecule has 0 bridgehead atoms. The van der Waals surface area contributed by atoms with Gasteiger partial charge in [-0.25, -0.2) is 9.18 Å². The Kier molecular flexibility index (Phi) is 5.43. The molecule has 1 N–H and O–H groups in total. The Morgan fingerprint density at radius 3 is 2.36 bits per heavy atom. The van der Waals surface area contributed by atoms with Gasteiger partial charge in [0.2, 0.25) is 0 Å². The van der Waals surface area contributed by atoms with Crippen LogP contribution in [0.25, 0.3) is 0 Å². The van der Waals surface area contributed by atoms with Gasteiger partial charge in [0.1, 0.15) is 5.82 Å². The molecule has 3 nitrogen and oxygen atoms in total. The van der Waals surface area contributed by atoms with Crippen LogP contribution in [0.4, 0.5) is 9.18 Å². The lowest BCUT2D eigenvalue weighted by atomic mass is 9.93. The lowest BCUT2D eigenvalue weighted by Crippen LogP contribution is -2.52. The largest absolute Gasteiger partial charge is 0.329 e. The van der Waals surface area contributed by atoms with Crippen molar-refractivity contribution in [3.05, 3.63) is 35.6 Å². The second-order valence-electron chi connectivity index (χ2n) is 6.64. The van der Waals surface area contributed by atoms with Crippen LogP contribution in [0.1, 0.15) is 58.4 Å². The minimum atomic E-state index is -0.521. The summed E-state index contributed by atoms with van der Waals surface area (Å²) in [5, 5.41) is 3.10. The Morgan fingerprint density at radius 2 is 1.82 bits per heavy atom. The Bertz CT molecular complexity index is 492. The van der Waals surface area contributed by atoms with E-state index >= 15 is 0 Å². The van der Waals surface area contributed by atoms with Crippen molar-refractivity contribution in [3.8, 4) is 0 Å². The monoisotopic (exact) mass is 306 g/mol. The van der Waals surface area contributed by atoms with E-state index in [2.05, 4.69) is 5.32 Å². The number of urea groups is 1. The molecule has 122 valence electrons. The number of carbonyl (C=O) groups excluding carboxylic acids is 1. The number of amides is 2. The van der Waals surface area contributed by atoms with E-state index in [0.29, 0.717) is 6.04 Å². The lowest BCUT2D eigenvalue weighted by Gasteiger charge is -2.37. The number of nitrogens with one attached hydrogen (secondary N) is 1. The van der Waals surface area contributed by atoms with Crippen LogP contribution in [0.3, 0.4) is 0 Å². The predicted molar refractivity (Wildman–Crippen MR) is 87.2 cm³/mol. The van der Waals surface area contributed by atoms with E-state index in [1.165, 1.54) is 31.4 Å². The highest BCUT2D eigenvalue weighted by Crippen LogP contribution is 2.25. The van der Waals surface area contributed by atoms with Crippen LogP contribution in [-0.2, 0) is 5.54 Å². The van der Waals surface area contributed by atoms with Crippen molar-refractivity contribution in [1.29, 1.82) is 0 Å². The van der Waals surface area contributed by atoms with E-state index in [4.69, 9.17) is 0 Å². The molecule has 0 aromatic heterocycles. The van der Waals surface area contributed by atoms with Gasteiger partial charge in [0, 0.05) is 12.6 Å². The zero-order chi connectivity index (χ0) is 16.2. The molecule has 0 saturated heterocycles. The first-order valence-corrected chi connectivity index (χ1v) is 8.29. The molecule has 1 aromatic rings. The molecule has 1 aliphatic carbocycles. The van der Waals surface area contributed by atoms with Gasteiger partial charge in [0.25, 0.3) is 0 Å². The zero-order valence-corrected chi connectivity index (χ0v) is 13.9. The second-order valence-corrected chi connectivity index (χ2v) is 6.64. The summed E-state index contributed by atoms with van der Waals surface area (Å²) in [5.41, 5.74) is 0.384. The quantitative estimate of drug-likeness (QED) is 0.877. The molecular formula is C18H27FN2O. The van der Waals surface area contributed by atoms with Gasteiger partial charge in [-0.3, -0.25) is 0 Å². The molecule has 1 saturated carbocycles. The van der Waals surface area contributed by atoms with Gasteiger partial charge >= 0.3 is 6.03 Å². The van der Waals surface area contributed by atoms with Gasteiger partial charge < -0.3 is 10.2 Å². The minimum Gasteiger partial charge on any atom is -0.329 e. The molecule has 0 heterocycles. The van der Waals surface area contributed by atoms with E-state index in [9.17, 15) is 9.18 Å². The number of nitrogens with zero attached hydrogens (tertiary/aromatic N) is 1. The van der Waals surface area contributed by atoms with Crippen molar-refractivity contribution in [1.82, 2.24) is 10.2 Å². The number of halogens is 1. The molecule has 0 unspecified atom stereocenters. The second kappa shape index (κ2) is 7.12. The number of hydrogen-bond acceptors (Lipinski definition) is 1. The van der Waals surface area contributed by atoms with Crippen LogP contribution in [0, 0.1) is 5.82 Å². The van der Waals surface area contributed by atoms with Crippen molar-refractivity contribution in [2.75, 3.05) is 6.54 Å². The van der Waals surface area contributed by atoms with Crippen LogP contribution < -0.4 is 5.32 Å². The molecule has 0 spiro atoms. The molecule has 4 heteroatoms. The van der Waals surface area contributed by atoms with Gasteiger partial charge in [-0.2, -0.15) is 0 Å². The molecule has 1 aliphatic rings. The Hall–Kier alpha value is -1.58. The maximum atomic E-state index is 13.1. The number of benzene rings is 1. The maximum Gasteiger partial charge on any atom is 0.318 e. The van der Waals surface area contributed by atoms with Gasteiger partial charge in [0.15, 0.2) is 0 Å². The molecular weight excluding hydrogens is 279 g/mol. The molecule has 1 aromatic carbocycles. The standard InChI is InChI=1S/C18H27FN2O/c1-4-21(16-8-6-5-7-9-16)17(22)20-18(2,3)14-10-12-15(19)13-11-14/h10-13,16H,4-9H2,1-3H3,(H,20,22). The van der Waals surface area contributed by atoms with Crippen molar-refractivity contribution >= 4 is 6.03 Å². The van der Waals surface area contributed by atoms with Crippen LogP contribution >= 0.6 is 0 Å². The van der Waals surface area contributed by atoms with E-state index in [0.717, 1.165) is 24.9 Å². The fourth-order valence-corrected chi connectivity index (χ4v) is 3.24. The number of carbonyl (C=O) groups is 1. The summed E-state index contributed by atoms with van der Waals surface area (Å²) in [6, 6.07) is 6.65. The fraction of sp³-hybridized carbons (Fsp3) is 0.611. The first-order chi connectivity index (χ1) is 10.4. The van der Waals surface area contributed by atoms with Gasteiger partial charge in [0.05, 0.1) is 5.54 Å². The summed E-state index contributed by atoms with van der Waals surface area (Å²) < 4.78 is 13.1. The minimum absolute atomic E-state index is 0.0243. The third-order valence-electron chi connectivity index (χ3n) is 4.60. The summed E-state index contributed by atoms with van der Waals surface area (Å²) >= 11 is 0. The van der Waals surface area contributed by atoms with E-state index in [-0.39, 0.29) is 11.8 Å². The molecule has 22 heavy (non-hydrogen) atoms. The summed E-state index contributed by atoms with van der Waals surface area (Å²) in [5.74, 6) is -0.261. The molecule has 1 fully saturated rings. The summed E-state index contributed by atoms with van der Waals surface area (Å²) in [6.07, 6.45) is 5.87. The Balaban J connectivity index is 2.06. The first kappa shape index (κ1) is 16.8. The van der Waals surface area contributed by atoms with Gasteiger partial charge in [-0.15, -0.1) is 0 Å². The van der Waals surface area contributed by atoms with Crippen molar-refractivity contribution < 1.29 is 9.18 Å². The fourth-order valence-electron chi connectivity index (χ4n) is 3.24. The maximum absolute atomic E-state index is 13.1.